The molecule has 1 aliphatic heterocycles. The molecule has 0 radical (unpaired) electrons. The third-order valence-electron chi connectivity index (χ3n) is 5.54. The van der Waals surface area contributed by atoms with Crippen LogP contribution in [0, 0.1) is 17.7 Å². The molecule has 2 fully saturated rings. The number of carboxylic acid groups (broad SMARTS) is 1. The average Bonchev–Trinajstić information content (AvgIpc) is 2.99. The number of nitrogens with zero attached hydrogens (tertiary/aromatic N) is 2. The molecule has 1 aromatic carbocycles. The van der Waals surface area contributed by atoms with Gasteiger partial charge in [-0.2, -0.15) is 0 Å². The van der Waals surface area contributed by atoms with Crippen molar-refractivity contribution in [2.45, 2.75) is 32.1 Å². The Morgan fingerprint density at radius 1 is 1.04 bits per heavy atom. The normalized spacial score (nSPS) is 23.1. The molecular formula is C20H25FN2O4. The quantitative estimate of drug-likeness (QED) is 0.871. The molecule has 0 unspecified atom stereocenters. The molecule has 0 bridgehead atoms. The lowest BCUT2D eigenvalue weighted by atomic mass is 10.0. The highest BCUT2D eigenvalue weighted by molar-refractivity contribution is 5.81. The molecule has 3 rings (SSSR count). The van der Waals surface area contributed by atoms with Crippen molar-refractivity contribution in [3.05, 3.63) is 35.6 Å². The molecule has 146 valence electrons. The number of carboxylic acids is 1. The number of amides is 2. The van der Waals surface area contributed by atoms with Crippen LogP contribution >= 0.6 is 0 Å². The molecule has 1 saturated carbocycles. The third-order valence-corrected chi connectivity index (χ3v) is 5.54. The smallest absolute Gasteiger partial charge is 0.306 e. The highest BCUT2D eigenvalue weighted by Gasteiger charge is 2.36. The van der Waals surface area contributed by atoms with Gasteiger partial charge in [0.15, 0.2) is 0 Å². The van der Waals surface area contributed by atoms with E-state index in [0.717, 1.165) is 0 Å². The summed E-state index contributed by atoms with van der Waals surface area (Å²) in [7, 11) is 0. The van der Waals surface area contributed by atoms with Crippen LogP contribution in [0.15, 0.2) is 24.3 Å². The summed E-state index contributed by atoms with van der Waals surface area (Å²) >= 11 is 0. The van der Waals surface area contributed by atoms with Crippen LogP contribution in [0.3, 0.4) is 0 Å². The summed E-state index contributed by atoms with van der Waals surface area (Å²) in [5.74, 6) is -1.88. The summed E-state index contributed by atoms with van der Waals surface area (Å²) in [6.45, 7) is 2.06. The van der Waals surface area contributed by atoms with Gasteiger partial charge in [0.2, 0.25) is 11.8 Å². The number of benzene rings is 1. The summed E-state index contributed by atoms with van der Waals surface area (Å²) in [4.78, 5) is 39.8. The molecule has 2 amide bonds. The van der Waals surface area contributed by atoms with Gasteiger partial charge in [0.25, 0.3) is 0 Å². The van der Waals surface area contributed by atoms with Crippen molar-refractivity contribution in [3.63, 3.8) is 0 Å². The van der Waals surface area contributed by atoms with Gasteiger partial charge in [-0.1, -0.05) is 12.1 Å². The molecule has 0 aromatic heterocycles. The minimum Gasteiger partial charge on any atom is -0.481 e. The van der Waals surface area contributed by atoms with Crippen LogP contribution < -0.4 is 0 Å². The number of carbonyl (C=O) groups excluding carboxylic acids is 2. The maximum atomic E-state index is 13.3. The minimum absolute atomic E-state index is 0.0122. The molecule has 1 heterocycles. The Morgan fingerprint density at radius 3 is 2.44 bits per heavy atom. The Kier molecular flexibility index (Phi) is 6.08. The van der Waals surface area contributed by atoms with E-state index in [1.807, 2.05) is 0 Å². The van der Waals surface area contributed by atoms with E-state index in [1.54, 1.807) is 21.9 Å². The van der Waals surface area contributed by atoms with E-state index in [9.17, 15) is 18.8 Å². The van der Waals surface area contributed by atoms with Gasteiger partial charge in [-0.05, 0) is 43.4 Å². The van der Waals surface area contributed by atoms with Crippen molar-refractivity contribution < 1.29 is 23.9 Å². The molecule has 6 nitrogen and oxygen atoms in total. The van der Waals surface area contributed by atoms with Crippen LogP contribution in [0.5, 0.6) is 0 Å². The number of rotatable bonds is 4. The van der Waals surface area contributed by atoms with Crippen LogP contribution in [0.1, 0.15) is 31.2 Å². The zero-order valence-corrected chi connectivity index (χ0v) is 15.3. The van der Waals surface area contributed by atoms with E-state index < -0.39 is 11.9 Å². The third kappa shape index (κ3) is 4.84. The standard InChI is InChI=1S/C20H25FN2O4/c21-17-4-1-3-14(11-17)12-18(24)22-7-2-8-23(10-9-22)19(25)15-5-6-16(13-15)20(26)27/h1,3-4,11,15-16H,2,5-10,12-13H2,(H,26,27)/t15-,16+/m0/s1. The highest BCUT2D eigenvalue weighted by Crippen LogP contribution is 2.32. The van der Waals surface area contributed by atoms with Gasteiger partial charge in [-0.25, -0.2) is 4.39 Å². The molecule has 27 heavy (non-hydrogen) atoms. The number of hydrogen-bond acceptors (Lipinski definition) is 3. The summed E-state index contributed by atoms with van der Waals surface area (Å²) in [5.41, 5.74) is 0.642. The van der Waals surface area contributed by atoms with Crippen LogP contribution in [-0.4, -0.2) is 58.9 Å². The van der Waals surface area contributed by atoms with E-state index >= 15 is 0 Å². The minimum atomic E-state index is -0.824. The Balaban J connectivity index is 1.53. The van der Waals surface area contributed by atoms with Gasteiger partial charge >= 0.3 is 5.97 Å². The van der Waals surface area contributed by atoms with Crippen LogP contribution in [0.2, 0.25) is 0 Å². The fraction of sp³-hybridized carbons (Fsp3) is 0.550. The maximum Gasteiger partial charge on any atom is 0.306 e. The molecule has 7 heteroatoms. The lowest BCUT2D eigenvalue weighted by Crippen LogP contribution is -2.40. The molecule has 1 aliphatic carbocycles. The van der Waals surface area contributed by atoms with Crippen molar-refractivity contribution in [2.24, 2.45) is 11.8 Å². The van der Waals surface area contributed by atoms with Gasteiger partial charge in [0.1, 0.15) is 5.82 Å². The van der Waals surface area contributed by atoms with Gasteiger partial charge < -0.3 is 14.9 Å². The van der Waals surface area contributed by atoms with Gasteiger partial charge in [-0.3, -0.25) is 14.4 Å². The highest BCUT2D eigenvalue weighted by atomic mass is 19.1. The van der Waals surface area contributed by atoms with Crippen molar-refractivity contribution in [1.82, 2.24) is 9.80 Å². The van der Waals surface area contributed by atoms with Crippen molar-refractivity contribution >= 4 is 17.8 Å². The topological polar surface area (TPSA) is 77.9 Å². The largest absolute Gasteiger partial charge is 0.481 e. The Labute approximate surface area is 157 Å². The lowest BCUT2D eigenvalue weighted by Gasteiger charge is -2.24. The first-order chi connectivity index (χ1) is 12.9. The summed E-state index contributed by atoms with van der Waals surface area (Å²) < 4.78 is 13.3. The average molecular weight is 376 g/mol. The fourth-order valence-electron chi connectivity index (χ4n) is 4.01. The van der Waals surface area contributed by atoms with Crippen LogP contribution in [0.25, 0.3) is 0 Å². The summed E-state index contributed by atoms with van der Waals surface area (Å²) in [6.07, 6.45) is 2.42. The monoisotopic (exact) mass is 376 g/mol. The van der Waals surface area contributed by atoms with E-state index in [-0.39, 0.29) is 30.0 Å². The molecule has 2 atom stereocenters. The predicted octanol–water partition coefficient (Wildman–Crippen LogP) is 1.93. The molecular weight excluding hydrogens is 351 g/mol. The van der Waals surface area contributed by atoms with E-state index in [1.165, 1.54) is 12.1 Å². The molecule has 1 saturated heterocycles. The zero-order valence-electron chi connectivity index (χ0n) is 15.3. The van der Waals surface area contributed by atoms with Gasteiger partial charge in [0.05, 0.1) is 12.3 Å². The van der Waals surface area contributed by atoms with Crippen molar-refractivity contribution in [3.8, 4) is 0 Å². The molecule has 1 aromatic rings. The number of aliphatic carboxylic acids is 1. The SMILES string of the molecule is O=C(O)[C@@H]1CC[C@H](C(=O)N2CCCN(C(=O)Cc3cccc(F)c3)CC2)C1. The Morgan fingerprint density at radius 2 is 1.74 bits per heavy atom. The second-order valence-corrected chi connectivity index (χ2v) is 7.41. The Bertz CT molecular complexity index is 724. The second-order valence-electron chi connectivity index (χ2n) is 7.41. The lowest BCUT2D eigenvalue weighted by molar-refractivity contribution is -0.142. The zero-order chi connectivity index (χ0) is 19.4. The van der Waals surface area contributed by atoms with E-state index in [0.29, 0.717) is 57.4 Å². The Hall–Kier alpha value is -2.44. The number of halogens is 1. The first-order valence-corrected chi connectivity index (χ1v) is 9.48. The number of carbonyl (C=O) groups is 3. The van der Waals surface area contributed by atoms with Crippen molar-refractivity contribution in [1.29, 1.82) is 0 Å². The first kappa shape index (κ1) is 19.3. The predicted molar refractivity (Wildman–Crippen MR) is 96.3 cm³/mol. The van der Waals surface area contributed by atoms with Gasteiger partial charge in [-0.15, -0.1) is 0 Å². The van der Waals surface area contributed by atoms with E-state index in [4.69, 9.17) is 5.11 Å². The summed E-state index contributed by atoms with van der Waals surface area (Å²) in [5, 5.41) is 9.11. The van der Waals surface area contributed by atoms with Crippen molar-refractivity contribution in [2.75, 3.05) is 26.2 Å². The molecule has 2 aliphatic rings. The summed E-state index contributed by atoms with van der Waals surface area (Å²) in [6, 6.07) is 6.03. The molecule has 1 N–H and O–H groups in total. The van der Waals surface area contributed by atoms with E-state index in [2.05, 4.69) is 0 Å². The van der Waals surface area contributed by atoms with Gasteiger partial charge in [0, 0.05) is 32.1 Å². The van der Waals surface area contributed by atoms with Crippen LogP contribution in [-0.2, 0) is 20.8 Å². The van der Waals surface area contributed by atoms with Crippen LogP contribution in [0.4, 0.5) is 4.39 Å². The molecule has 0 spiro atoms. The first-order valence-electron chi connectivity index (χ1n) is 9.48. The number of hydrogen-bond donors (Lipinski definition) is 1. The maximum absolute atomic E-state index is 13.3. The second kappa shape index (κ2) is 8.50. The fourth-order valence-corrected chi connectivity index (χ4v) is 4.01.